The quantitative estimate of drug-likeness (QED) is 0.889. The van der Waals surface area contributed by atoms with Crippen molar-refractivity contribution in [2.45, 2.75) is 12.8 Å². The lowest BCUT2D eigenvalue weighted by Gasteiger charge is -2.24. The maximum Gasteiger partial charge on any atom is 0.223 e. The van der Waals surface area contributed by atoms with Gasteiger partial charge in [0.05, 0.1) is 19.8 Å². The Bertz CT molecular complexity index is 524. The van der Waals surface area contributed by atoms with Crippen LogP contribution >= 0.6 is 0 Å². The number of rotatable bonds is 3. The van der Waals surface area contributed by atoms with E-state index in [0.717, 1.165) is 5.56 Å². The van der Waals surface area contributed by atoms with Gasteiger partial charge in [-0.25, -0.2) is 0 Å². The van der Waals surface area contributed by atoms with E-state index >= 15 is 0 Å². The zero-order valence-electron chi connectivity index (χ0n) is 11.3. The summed E-state index contributed by atoms with van der Waals surface area (Å²) in [5.74, 6) is 0.646. The molecule has 1 aliphatic carbocycles. The number of hydrogen-bond donors (Lipinski definition) is 1. The van der Waals surface area contributed by atoms with Gasteiger partial charge in [0.2, 0.25) is 5.91 Å². The van der Waals surface area contributed by atoms with E-state index in [1.54, 1.807) is 26.3 Å². The zero-order valence-corrected chi connectivity index (χ0v) is 11.3. The van der Waals surface area contributed by atoms with E-state index in [2.05, 4.69) is 5.32 Å². The van der Waals surface area contributed by atoms with Crippen LogP contribution in [0.2, 0.25) is 0 Å². The highest BCUT2D eigenvalue weighted by Crippen LogP contribution is 2.35. The first-order valence-electron chi connectivity index (χ1n) is 6.10. The Balaban J connectivity index is 2.46. The summed E-state index contributed by atoms with van der Waals surface area (Å²) in [5.41, 5.74) is 1.38. The number of amides is 1. The fraction of sp³-hybridized carbons (Fsp3) is 0.429. The van der Waals surface area contributed by atoms with Crippen molar-refractivity contribution in [3.8, 4) is 11.5 Å². The maximum absolute atomic E-state index is 12.2. The van der Waals surface area contributed by atoms with E-state index in [-0.39, 0.29) is 24.0 Å². The minimum atomic E-state index is -0.318. The van der Waals surface area contributed by atoms with Crippen LogP contribution in [0.5, 0.6) is 11.5 Å². The van der Waals surface area contributed by atoms with Crippen LogP contribution in [-0.4, -0.2) is 33.0 Å². The summed E-state index contributed by atoms with van der Waals surface area (Å²) in [6, 6.07) is 3.49. The minimum Gasteiger partial charge on any atom is -0.497 e. The Morgan fingerprint density at radius 1 is 1.26 bits per heavy atom. The lowest BCUT2D eigenvalue weighted by Crippen LogP contribution is -2.33. The van der Waals surface area contributed by atoms with Crippen LogP contribution in [0.4, 0.5) is 0 Å². The summed E-state index contributed by atoms with van der Waals surface area (Å²) in [5, 5.41) is 2.59. The summed E-state index contributed by atoms with van der Waals surface area (Å²) >= 11 is 0. The topological polar surface area (TPSA) is 64.6 Å². The van der Waals surface area contributed by atoms with Gasteiger partial charge in [-0.15, -0.1) is 0 Å². The molecule has 0 spiro atoms. The van der Waals surface area contributed by atoms with Gasteiger partial charge in [0.1, 0.15) is 11.5 Å². The second-order valence-electron chi connectivity index (χ2n) is 4.51. The number of nitrogens with one attached hydrogen (secondary N) is 1. The molecule has 0 aromatic heterocycles. The van der Waals surface area contributed by atoms with Crippen LogP contribution in [0.25, 0.3) is 0 Å². The smallest absolute Gasteiger partial charge is 0.223 e. The molecule has 0 saturated heterocycles. The first-order valence-corrected chi connectivity index (χ1v) is 6.10. The van der Waals surface area contributed by atoms with Gasteiger partial charge in [0.15, 0.2) is 5.78 Å². The lowest BCUT2D eigenvalue weighted by molar-refractivity contribution is -0.124. The van der Waals surface area contributed by atoms with Crippen LogP contribution in [-0.2, 0) is 11.2 Å². The number of benzene rings is 1. The molecule has 5 heteroatoms. The van der Waals surface area contributed by atoms with Gasteiger partial charge >= 0.3 is 0 Å². The number of ether oxygens (including phenoxy) is 2. The molecule has 19 heavy (non-hydrogen) atoms. The Morgan fingerprint density at radius 2 is 2.00 bits per heavy atom. The fourth-order valence-electron chi connectivity index (χ4n) is 2.45. The van der Waals surface area contributed by atoms with Crippen molar-refractivity contribution in [1.29, 1.82) is 0 Å². The van der Waals surface area contributed by atoms with Crippen LogP contribution in [0, 0.1) is 5.92 Å². The molecule has 1 aromatic rings. The molecule has 1 unspecified atom stereocenters. The molecule has 0 bridgehead atoms. The van der Waals surface area contributed by atoms with E-state index in [1.165, 1.54) is 7.11 Å². The van der Waals surface area contributed by atoms with E-state index in [9.17, 15) is 9.59 Å². The van der Waals surface area contributed by atoms with Gasteiger partial charge < -0.3 is 14.8 Å². The molecule has 0 heterocycles. The molecule has 0 aliphatic heterocycles. The van der Waals surface area contributed by atoms with Crippen molar-refractivity contribution in [1.82, 2.24) is 5.32 Å². The third-order valence-electron chi connectivity index (χ3n) is 3.41. The third-order valence-corrected chi connectivity index (χ3v) is 3.41. The molecule has 1 N–H and O–H groups in total. The highest BCUT2D eigenvalue weighted by molar-refractivity contribution is 6.04. The number of hydrogen-bond acceptors (Lipinski definition) is 4. The lowest BCUT2D eigenvalue weighted by atomic mass is 9.82. The summed E-state index contributed by atoms with van der Waals surface area (Å²) < 4.78 is 10.4. The first-order chi connectivity index (χ1) is 9.10. The average molecular weight is 263 g/mol. The van der Waals surface area contributed by atoms with Crippen LogP contribution < -0.4 is 14.8 Å². The molecular weight excluding hydrogens is 246 g/mol. The second kappa shape index (κ2) is 5.30. The molecule has 0 fully saturated rings. The van der Waals surface area contributed by atoms with Crippen molar-refractivity contribution in [3.63, 3.8) is 0 Å². The van der Waals surface area contributed by atoms with E-state index in [0.29, 0.717) is 23.5 Å². The molecule has 1 aromatic carbocycles. The van der Waals surface area contributed by atoms with E-state index < -0.39 is 0 Å². The van der Waals surface area contributed by atoms with Gasteiger partial charge in [-0.1, -0.05) is 0 Å². The van der Waals surface area contributed by atoms with Crippen LogP contribution in [0.3, 0.4) is 0 Å². The Labute approximate surface area is 111 Å². The first kappa shape index (κ1) is 13.4. The van der Waals surface area contributed by atoms with E-state index in [4.69, 9.17) is 9.47 Å². The third kappa shape index (κ3) is 2.41. The van der Waals surface area contributed by atoms with E-state index in [1.807, 2.05) is 0 Å². The van der Waals surface area contributed by atoms with Gasteiger partial charge in [0.25, 0.3) is 0 Å². The Kier molecular flexibility index (Phi) is 3.74. The summed E-state index contributed by atoms with van der Waals surface area (Å²) in [7, 11) is 4.66. The number of carbonyl (C=O) groups is 2. The van der Waals surface area contributed by atoms with Crippen molar-refractivity contribution in [2.75, 3.05) is 21.3 Å². The molecule has 0 radical (unpaired) electrons. The van der Waals surface area contributed by atoms with Crippen molar-refractivity contribution >= 4 is 11.7 Å². The molecular formula is C14H17NO4. The predicted octanol–water partition coefficient (Wildman–Crippen LogP) is 1.19. The highest BCUT2D eigenvalue weighted by atomic mass is 16.5. The van der Waals surface area contributed by atoms with Crippen molar-refractivity contribution in [3.05, 3.63) is 23.3 Å². The number of Topliss-reactive ketones (excluding diaryl/α,β-unsaturated/α-hetero) is 1. The molecule has 1 atom stereocenters. The molecule has 1 amide bonds. The molecule has 102 valence electrons. The molecule has 0 saturated carbocycles. The van der Waals surface area contributed by atoms with Crippen molar-refractivity contribution in [2.24, 2.45) is 5.92 Å². The normalized spacial score (nSPS) is 17.6. The average Bonchev–Trinajstić information content (AvgIpc) is 2.44. The number of ketones is 1. The number of methoxy groups -OCH3 is 2. The maximum atomic E-state index is 12.2. The van der Waals surface area contributed by atoms with Crippen LogP contribution in [0.1, 0.15) is 22.3 Å². The van der Waals surface area contributed by atoms with Gasteiger partial charge in [-0.2, -0.15) is 0 Å². The minimum absolute atomic E-state index is 0.0608. The van der Waals surface area contributed by atoms with Crippen molar-refractivity contribution < 1.29 is 19.1 Å². The molecule has 2 rings (SSSR count). The summed E-state index contributed by atoms with van der Waals surface area (Å²) in [4.78, 5) is 23.9. The monoisotopic (exact) mass is 263 g/mol. The van der Waals surface area contributed by atoms with Gasteiger partial charge in [0, 0.05) is 25.5 Å². The fourth-order valence-corrected chi connectivity index (χ4v) is 2.45. The summed E-state index contributed by atoms with van der Waals surface area (Å²) in [6.07, 6.45) is 0.740. The second-order valence-corrected chi connectivity index (χ2v) is 4.51. The molecule has 1 aliphatic rings. The standard InChI is InChI=1S/C14H17NO4/c1-15-14(17)9-4-8-5-10(18-2)7-12(19-3)13(8)11(16)6-9/h5,7,9H,4,6H2,1-3H3,(H,15,17). The Morgan fingerprint density at radius 3 is 2.58 bits per heavy atom. The molecule has 5 nitrogen and oxygen atoms in total. The predicted molar refractivity (Wildman–Crippen MR) is 69.8 cm³/mol. The summed E-state index contributed by atoms with van der Waals surface area (Å²) in [6.45, 7) is 0. The highest BCUT2D eigenvalue weighted by Gasteiger charge is 2.32. The largest absolute Gasteiger partial charge is 0.497 e. The van der Waals surface area contributed by atoms with Crippen LogP contribution in [0.15, 0.2) is 12.1 Å². The Hall–Kier alpha value is -2.04. The zero-order chi connectivity index (χ0) is 14.0. The SMILES string of the molecule is CNC(=O)C1CC(=O)c2c(cc(OC)cc2OC)C1. The number of fused-ring (bicyclic) bond motifs is 1. The van der Waals surface area contributed by atoms with Gasteiger partial charge in [-0.3, -0.25) is 9.59 Å². The van der Waals surface area contributed by atoms with Gasteiger partial charge in [-0.05, 0) is 18.1 Å². The number of carbonyl (C=O) groups excluding carboxylic acids is 2.